The SMILES string of the molecule is O=C([O-])c1ccc(OCc2cccc(F)c2)cc1. The minimum absolute atomic E-state index is 0.0908. The van der Waals surface area contributed by atoms with E-state index in [0.29, 0.717) is 11.3 Å². The van der Waals surface area contributed by atoms with Gasteiger partial charge < -0.3 is 14.6 Å². The molecule has 0 spiro atoms. The van der Waals surface area contributed by atoms with Gasteiger partial charge in [-0.2, -0.15) is 0 Å². The molecule has 3 nitrogen and oxygen atoms in total. The lowest BCUT2D eigenvalue weighted by atomic mass is 10.2. The minimum atomic E-state index is -1.23. The number of halogens is 1. The molecule has 0 atom stereocenters. The van der Waals surface area contributed by atoms with Crippen molar-refractivity contribution in [2.75, 3.05) is 0 Å². The molecule has 4 heteroatoms. The molecule has 0 heterocycles. The van der Waals surface area contributed by atoms with Crippen LogP contribution in [0, 0.1) is 5.82 Å². The maximum absolute atomic E-state index is 12.9. The molecule has 0 bridgehead atoms. The zero-order chi connectivity index (χ0) is 13.0. The number of aromatic carboxylic acids is 1. The number of hydrogen-bond acceptors (Lipinski definition) is 3. The quantitative estimate of drug-likeness (QED) is 0.824. The lowest BCUT2D eigenvalue weighted by Crippen LogP contribution is -2.21. The van der Waals surface area contributed by atoms with Gasteiger partial charge in [0.2, 0.25) is 0 Å². The van der Waals surface area contributed by atoms with Gasteiger partial charge in [-0.3, -0.25) is 0 Å². The minimum Gasteiger partial charge on any atom is -0.545 e. The number of ether oxygens (including phenoxy) is 1. The van der Waals surface area contributed by atoms with Gasteiger partial charge in [0.1, 0.15) is 18.2 Å². The van der Waals surface area contributed by atoms with E-state index in [4.69, 9.17) is 4.74 Å². The molecular weight excluding hydrogens is 235 g/mol. The van der Waals surface area contributed by atoms with Gasteiger partial charge in [0.15, 0.2) is 0 Å². The zero-order valence-electron chi connectivity index (χ0n) is 9.43. The molecule has 0 fully saturated rings. The Labute approximate surface area is 103 Å². The number of carbonyl (C=O) groups is 1. The van der Waals surface area contributed by atoms with Gasteiger partial charge in [0, 0.05) is 0 Å². The van der Waals surface area contributed by atoms with Gasteiger partial charge in [-0.1, -0.05) is 12.1 Å². The summed E-state index contributed by atoms with van der Waals surface area (Å²) in [4.78, 5) is 10.5. The van der Waals surface area contributed by atoms with E-state index in [1.54, 1.807) is 12.1 Å². The summed E-state index contributed by atoms with van der Waals surface area (Å²) in [7, 11) is 0. The number of rotatable bonds is 4. The second kappa shape index (κ2) is 5.31. The highest BCUT2D eigenvalue weighted by molar-refractivity contribution is 5.85. The Morgan fingerprint density at radius 2 is 1.89 bits per heavy atom. The Hall–Kier alpha value is -2.36. The summed E-state index contributed by atoms with van der Waals surface area (Å²) in [6, 6.07) is 12.0. The normalized spacial score (nSPS) is 10.1. The Balaban J connectivity index is 2.00. The van der Waals surface area contributed by atoms with Crippen molar-refractivity contribution in [1.82, 2.24) is 0 Å². The van der Waals surface area contributed by atoms with Crippen molar-refractivity contribution >= 4 is 5.97 Å². The second-order valence-electron chi connectivity index (χ2n) is 3.73. The highest BCUT2D eigenvalue weighted by Gasteiger charge is 1.98. The summed E-state index contributed by atoms with van der Waals surface area (Å²) in [6.45, 7) is 0.225. The molecule has 0 aliphatic heterocycles. The number of carbonyl (C=O) groups excluding carboxylic acids is 1. The van der Waals surface area contributed by atoms with E-state index in [1.165, 1.54) is 36.4 Å². The number of hydrogen-bond donors (Lipinski definition) is 0. The zero-order valence-corrected chi connectivity index (χ0v) is 9.43. The average Bonchev–Trinajstić information content (AvgIpc) is 2.37. The monoisotopic (exact) mass is 245 g/mol. The van der Waals surface area contributed by atoms with Crippen molar-refractivity contribution in [3.8, 4) is 5.75 Å². The van der Waals surface area contributed by atoms with E-state index in [0.717, 1.165) is 0 Å². The lowest BCUT2D eigenvalue weighted by molar-refractivity contribution is -0.255. The first kappa shape index (κ1) is 12.1. The van der Waals surface area contributed by atoms with Crippen LogP contribution in [0.4, 0.5) is 4.39 Å². The molecule has 2 aromatic carbocycles. The molecule has 0 saturated heterocycles. The lowest BCUT2D eigenvalue weighted by Gasteiger charge is -2.07. The molecule has 0 saturated carbocycles. The highest BCUT2D eigenvalue weighted by atomic mass is 19.1. The summed E-state index contributed by atoms with van der Waals surface area (Å²) in [5, 5.41) is 10.5. The molecule has 0 radical (unpaired) electrons. The Morgan fingerprint density at radius 3 is 2.50 bits per heavy atom. The highest BCUT2D eigenvalue weighted by Crippen LogP contribution is 2.14. The summed E-state index contributed by atoms with van der Waals surface area (Å²) in [5.74, 6) is -1.03. The third kappa shape index (κ3) is 3.07. The van der Waals surface area contributed by atoms with Crippen molar-refractivity contribution in [2.24, 2.45) is 0 Å². The van der Waals surface area contributed by atoms with Gasteiger partial charge in [-0.25, -0.2) is 4.39 Å². The molecule has 2 rings (SSSR count). The van der Waals surface area contributed by atoms with E-state index in [1.807, 2.05) is 0 Å². The van der Waals surface area contributed by atoms with Crippen LogP contribution in [0.5, 0.6) is 5.75 Å². The van der Waals surface area contributed by atoms with E-state index in [9.17, 15) is 14.3 Å². The van der Waals surface area contributed by atoms with Gasteiger partial charge in [-0.15, -0.1) is 0 Å². The topological polar surface area (TPSA) is 49.4 Å². The summed E-state index contributed by atoms with van der Waals surface area (Å²) in [6.07, 6.45) is 0. The fraction of sp³-hybridized carbons (Fsp3) is 0.0714. The van der Waals surface area contributed by atoms with E-state index >= 15 is 0 Å². The molecule has 18 heavy (non-hydrogen) atoms. The number of carboxylic acids is 1. The van der Waals surface area contributed by atoms with Gasteiger partial charge in [0.05, 0.1) is 5.97 Å². The van der Waals surface area contributed by atoms with E-state index < -0.39 is 5.97 Å². The maximum atomic E-state index is 12.9. The predicted molar refractivity (Wildman–Crippen MR) is 61.5 cm³/mol. The molecule has 2 aromatic rings. The molecular formula is C14H10FO3-. The van der Waals surface area contributed by atoms with Crippen LogP contribution in [-0.2, 0) is 6.61 Å². The van der Waals surface area contributed by atoms with Crippen LogP contribution < -0.4 is 9.84 Å². The van der Waals surface area contributed by atoms with Crippen LogP contribution in [0.25, 0.3) is 0 Å². The standard InChI is InChI=1S/C14H11FO3/c15-12-3-1-2-10(8-12)9-18-13-6-4-11(5-7-13)14(16)17/h1-8H,9H2,(H,16,17)/p-1. The Morgan fingerprint density at radius 1 is 1.17 bits per heavy atom. The fourth-order valence-corrected chi connectivity index (χ4v) is 1.48. The first-order valence-electron chi connectivity index (χ1n) is 5.34. The van der Waals surface area contributed by atoms with Crippen LogP contribution in [0.15, 0.2) is 48.5 Å². The van der Waals surface area contributed by atoms with Crippen molar-refractivity contribution < 1.29 is 19.0 Å². The fourth-order valence-electron chi connectivity index (χ4n) is 1.48. The van der Waals surface area contributed by atoms with E-state index in [2.05, 4.69) is 0 Å². The molecule has 0 aliphatic rings. The molecule has 0 unspecified atom stereocenters. The maximum Gasteiger partial charge on any atom is 0.123 e. The molecule has 0 aliphatic carbocycles. The Bertz CT molecular complexity index is 549. The third-order valence-corrected chi connectivity index (χ3v) is 2.38. The summed E-state index contributed by atoms with van der Waals surface area (Å²) < 4.78 is 18.3. The largest absolute Gasteiger partial charge is 0.545 e. The summed E-state index contributed by atoms with van der Waals surface area (Å²) in [5.41, 5.74) is 0.798. The van der Waals surface area contributed by atoms with Crippen molar-refractivity contribution in [2.45, 2.75) is 6.61 Å². The van der Waals surface area contributed by atoms with Gasteiger partial charge in [-0.05, 0) is 47.5 Å². The van der Waals surface area contributed by atoms with Crippen LogP contribution in [-0.4, -0.2) is 5.97 Å². The van der Waals surface area contributed by atoms with Crippen LogP contribution in [0.3, 0.4) is 0 Å². The first-order chi connectivity index (χ1) is 8.65. The smallest absolute Gasteiger partial charge is 0.123 e. The van der Waals surface area contributed by atoms with Gasteiger partial charge in [0.25, 0.3) is 0 Å². The first-order valence-corrected chi connectivity index (χ1v) is 5.34. The molecule has 0 aromatic heterocycles. The average molecular weight is 245 g/mol. The second-order valence-corrected chi connectivity index (χ2v) is 3.73. The van der Waals surface area contributed by atoms with Gasteiger partial charge >= 0.3 is 0 Å². The molecule has 0 amide bonds. The number of carboxylic acid groups (broad SMARTS) is 1. The van der Waals surface area contributed by atoms with Crippen molar-refractivity contribution in [3.05, 3.63) is 65.5 Å². The van der Waals surface area contributed by atoms with E-state index in [-0.39, 0.29) is 18.0 Å². The predicted octanol–water partition coefficient (Wildman–Crippen LogP) is 1.77. The van der Waals surface area contributed by atoms with Crippen molar-refractivity contribution in [3.63, 3.8) is 0 Å². The van der Waals surface area contributed by atoms with Crippen molar-refractivity contribution in [1.29, 1.82) is 0 Å². The molecule has 0 N–H and O–H groups in total. The van der Waals surface area contributed by atoms with Crippen LogP contribution in [0.2, 0.25) is 0 Å². The summed E-state index contributed by atoms with van der Waals surface area (Å²) >= 11 is 0. The van der Waals surface area contributed by atoms with Crippen LogP contribution >= 0.6 is 0 Å². The molecule has 92 valence electrons. The van der Waals surface area contributed by atoms with Crippen LogP contribution in [0.1, 0.15) is 15.9 Å². The third-order valence-electron chi connectivity index (χ3n) is 2.38. The number of benzene rings is 2. The Kier molecular flexibility index (Phi) is 3.57.